The number of rotatable bonds is 5. The zero-order chi connectivity index (χ0) is 18.2. The lowest BCUT2D eigenvalue weighted by atomic mass is 10.1. The quantitative estimate of drug-likeness (QED) is 0.617. The molecule has 2 aliphatic rings. The summed E-state index contributed by atoms with van der Waals surface area (Å²) in [5.41, 5.74) is 0.971. The Labute approximate surface area is 147 Å². The maximum atomic E-state index is 12.2. The lowest BCUT2D eigenvalue weighted by Gasteiger charge is -2.23. The predicted molar refractivity (Wildman–Crippen MR) is 89.5 cm³/mol. The normalized spacial score (nSPS) is 31.4. The van der Waals surface area contributed by atoms with Gasteiger partial charge in [0.15, 0.2) is 12.1 Å². The summed E-state index contributed by atoms with van der Waals surface area (Å²) in [4.78, 5) is 2.31. The molecule has 1 aromatic rings. The van der Waals surface area contributed by atoms with Crippen LogP contribution in [-0.2, 0) is 29.0 Å². The average molecular weight is 370 g/mol. The Balaban J connectivity index is 1.65. The molecule has 138 valence electrons. The molecule has 8 nitrogen and oxygen atoms in total. The average Bonchev–Trinajstić information content (AvgIpc) is 2.98. The molecular weight excluding hydrogens is 348 g/mol. The first-order valence-corrected chi connectivity index (χ1v) is 9.36. The van der Waals surface area contributed by atoms with Crippen LogP contribution in [0.4, 0.5) is 0 Å². The Morgan fingerprint density at radius 1 is 1.24 bits per heavy atom. The molecule has 1 N–H and O–H groups in total. The molecule has 0 saturated carbocycles. The van der Waals surface area contributed by atoms with Crippen LogP contribution in [0.2, 0.25) is 0 Å². The van der Waals surface area contributed by atoms with E-state index in [9.17, 15) is 8.42 Å². The minimum absolute atomic E-state index is 0.135. The van der Waals surface area contributed by atoms with E-state index in [4.69, 9.17) is 18.9 Å². The van der Waals surface area contributed by atoms with Gasteiger partial charge in [-0.25, -0.2) is 4.83 Å². The largest absolute Gasteiger partial charge is 0.375 e. The van der Waals surface area contributed by atoms with Gasteiger partial charge in [0.05, 0.1) is 11.1 Å². The van der Waals surface area contributed by atoms with Crippen LogP contribution >= 0.6 is 0 Å². The van der Waals surface area contributed by atoms with Crippen LogP contribution in [0.3, 0.4) is 0 Å². The summed E-state index contributed by atoms with van der Waals surface area (Å²) in [6.45, 7) is 5.47. The van der Waals surface area contributed by atoms with Gasteiger partial charge in [0, 0.05) is 7.11 Å². The number of hydrogen-bond donors (Lipinski definition) is 1. The Morgan fingerprint density at radius 3 is 2.56 bits per heavy atom. The second-order valence-corrected chi connectivity index (χ2v) is 8.12. The SMILES string of the molecule is COC1C(/C=N/NS(=O)(=O)c2ccc(C)cc2)OC2OC(C)(C)OC21. The lowest BCUT2D eigenvalue weighted by Crippen LogP contribution is -2.37. The molecule has 0 amide bonds. The summed E-state index contributed by atoms with van der Waals surface area (Å²) in [7, 11) is -2.21. The van der Waals surface area contributed by atoms with Crippen LogP contribution in [0.1, 0.15) is 19.4 Å². The number of hydrogen-bond acceptors (Lipinski definition) is 7. The van der Waals surface area contributed by atoms with Crippen molar-refractivity contribution in [2.45, 2.75) is 56.1 Å². The number of nitrogens with zero attached hydrogens (tertiary/aromatic N) is 1. The van der Waals surface area contributed by atoms with Gasteiger partial charge in [-0.2, -0.15) is 13.5 Å². The smallest absolute Gasteiger partial charge is 0.276 e. The minimum atomic E-state index is -3.74. The molecule has 0 aromatic heterocycles. The summed E-state index contributed by atoms with van der Waals surface area (Å²) in [6.07, 6.45) is -0.663. The van der Waals surface area contributed by atoms with Crippen molar-refractivity contribution in [2.75, 3.05) is 7.11 Å². The fourth-order valence-corrected chi connectivity index (χ4v) is 3.64. The van der Waals surface area contributed by atoms with Crippen molar-refractivity contribution in [3.8, 4) is 0 Å². The van der Waals surface area contributed by atoms with Crippen molar-refractivity contribution < 1.29 is 27.4 Å². The molecule has 0 bridgehead atoms. The Hall–Kier alpha value is -1.52. The molecule has 2 heterocycles. The van der Waals surface area contributed by atoms with Gasteiger partial charge in [-0.15, -0.1) is 0 Å². The van der Waals surface area contributed by atoms with E-state index in [1.165, 1.54) is 25.5 Å². The van der Waals surface area contributed by atoms with E-state index in [1.807, 2.05) is 6.92 Å². The molecule has 2 aliphatic heterocycles. The molecule has 1 aromatic carbocycles. The fraction of sp³-hybridized carbons (Fsp3) is 0.562. The third-order valence-electron chi connectivity index (χ3n) is 4.02. The number of methoxy groups -OCH3 is 1. The van der Waals surface area contributed by atoms with E-state index in [0.29, 0.717) is 0 Å². The van der Waals surface area contributed by atoms with Gasteiger partial charge in [0.25, 0.3) is 10.0 Å². The second-order valence-electron chi connectivity index (χ2n) is 6.46. The molecule has 4 atom stereocenters. The summed E-state index contributed by atoms with van der Waals surface area (Å²) in [5, 5.41) is 3.81. The highest BCUT2D eigenvalue weighted by atomic mass is 32.2. The van der Waals surface area contributed by atoms with E-state index >= 15 is 0 Å². The zero-order valence-electron chi connectivity index (χ0n) is 14.5. The third kappa shape index (κ3) is 3.85. The van der Waals surface area contributed by atoms with E-state index in [1.54, 1.807) is 26.0 Å². The van der Waals surface area contributed by atoms with E-state index in [0.717, 1.165) is 5.56 Å². The highest BCUT2D eigenvalue weighted by molar-refractivity contribution is 7.89. The molecular formula is C16H22N2O6S. The van der Waals surface area contributed by atoms with Gasteiger partial charge >= 0.3 is 0 Å². The van der Waals surface area contributed by atoms with Crippen LogP contribution < -0.4 is 4.83 Å². The molecule has 3 rings (SSSR count). The van der Waals surface area contributed by atoms with Gasteiger partial charge in [0.2, 0.25) is 0 Å². The number of nitrogens with one attached hydrogen (secondary N) is 1. The standard InChI is InChI=1S/C16H22N2O6S/c1-10-5-7-11(8-6-10)25(19,20)18-17-9-12-13(21-4)14-15(22-12)24-16(2,3)23-14/h5-9,12-15,18H,1-4H3/b17-9+. The Morgan fingerprint density at radius 2 is 1.92 bits per heavy atom. The van der Waals surface area contributed by atoms with Crippen LogP contribution in [-0.4, -0.2) is 52.1 Å². The molecule has 4 unspecified atom stereocenters. The second kappa shape index (κ2) is 6.65. The molecule has 0 spiro atoms. The molecule has 9 heteroatoms. The van der Waals surface area contributed by atoms with Gasteiger partial charge < -0.3 is 18.9 Å². The number of sulfonamides is 1. The van der Waals surface area contributed by atoms with Crippen molar-refractivity contribution in [1.29, 1.82) is 0 Å². The maximum Gasteiger partial charge on any atom is 0.276 e. The van der Waals surface area contributed by atoms with E-state index < -0.39 is 40.4 Å². The molecule has 25 heavy (non-hydrogen) atoms. The Bertz CT molecular complexity index is 746. The van der Waals surface area contributed by atoms with Crippen LogP contribution in [0.15, 0.2) is 34.3 Å². The van der Waals surface area contributed by atoms with Crippen molar-refractivity contribution >= 4 is 16.2 Å². The summed E-state index contributed by atoms with van der Waals surface area (Å²) < 4.78 is 46.9. The number of hydrazone groups is 1. The maximum absolute atomic E-state index is 12.2. The molecule has 0 aliphatic carbocycles. The number of ether oxygens (including phenoxy) is 4. The highest BCUT2D eigenvalue weighted by Crippen LogP contribution is 2.37. The van der Waals surface area contributed by atoms with Crippen LogP contribution in [0, 0.1) is 6.92 Å². The third-order valence-corrected chi connectivity index (χ3v) is 5.26. The number of benzene rings is 1. The van der Waals surface area contributed by atoms with Crippen molar-refractivity contribution in [3.63, 3.8) is 0 Å². The lowest BCUT2D eigenvalue weighted by molar-refractivity contribution is -0.207. The van der Waals surface area contributed by atoms with Crippen LogP contribution in [0.25, 0.3) is 0 Å². The first kappa shape index (κ1) is 18.3. The van der Waals surface area contributed by atoms with E-state index in [2.05, 4.69) is 9.93 Å². The first-order chi connectivity index (χ1) is 11.7. The summed E-state index contributed by atoms with van der Waals surface area (Å²) in [5.74, 6) is -0.749. The Kier molecular flexibility index (Phi) is 4.86. The topological polar surface area (TPSA) is 95.5 Å². The van der Waals surface area contributed by atoms with Gasteiger partial charge in [0.1, 0.15) is 18.3 Å². The highest BCUT2D eigenvalue weighted by Gasteiger charge is 2.54. The van der Waals surface area contributed by atoms with Crippen LogP contribution in [0.5, 0.6) is 0 Å². The minimum Gasteiger partial charge on any atom is -0.375 e. The van der Waals surface area contributed by atoms with Gasteiger partial charge in [-0.1, -0.05) is 17.7 Å². The van der Waals surface area contributed by atoms with Crippen molar-refractivity contribution in [3.05, 3.63) is 29.8 Å². The number of aryl methyl sites for hydroxylation is 1. The van der Waals surface area contributed by atoms with Gasteiger partial charge in [-0.05, 0) is 32.9 Å². The molecule has 2 fully saturated rings. The molecule has 2 saturated heterocycles. The monoisotopic (exact) mass is 370 g/mol. The predicted octanol–water partition coefficient (Wildman–Crippen LogP) is 1.15. The summed E-state index contributed by atoms with van der Waals surface area (Å²) in [6, 6.07) is 6.48. The van der Waals surface area contributed by atoms with Crippen molar-refractivity contribution in [1.82, 2.24) is 4.83 Å². The number of fused-ring (bicyclic) bond motifs is 1. The molecule has 0 radical (unpaired) electrons. The first-order valence-electron chi connectivity index (χ1n) is 7.87. The van der Waals surface area contributed by atoms with E-state index in [-0.39, 0.29) is 4.90 Å². The fourth-order valence-electron chi connectivity index (χ4n) is 2.84. The summed E-state index contributed by atoms with van der Waals surface area (Å²) >= 11 is 0. The van der Waals surface area contributed by atoms with Gasteiger partial charge in [-0.3, -0.25) is 0 Å². The van der Waals surface area contributed by atoms with Crippen molar-refractivity contribution in [2.24, 2.45) is 5.10 Å². The zero-order valence-corrected chi connectivity index (χ0v) is 15.3.